The Labute approximate surface area is 127 Å². The first kappa shape index (κ1) is 14.0. The van der Waals surface area contributed by atoms with E-state index in [-0.39, 0.29) is 11.9 Å². The van der Waals surface area contributed by atoms with Crippen LogP contribution in [0.5, 0.6) is 0 Å². The van der Waals surface area contributed by atoms with Crippen molar-refractivity contribution in [2.45, 2.75) is 6.04 Å². The van der Waals surface area contributed by atoms with E-state index < -0.39 is 0 Å². The van der Waals surface area contributed by atoms with Crippen molar-refractivity contribution in [2.24, 2.45) is 0 Å². The van der Waals surface area contributed by atoms with Crippen molar-refractivity contribution in [3.8, 4) is 0 Å². The molecule has 1 aromatic heterocycles. The molecule has 1 N–H and O–H groups in total. The smallest absolute Gasteiger partial charge is 0.124 e. The van der Waals surface area contributed by atoms with Gasteiger partial charge < -0.3 is 5.32 Å². The summed E-state index contributed by atoms with van der Waals surface area (Å²) in [7, 11) is 0. The van der Waals surface area contributed by atoms with Crippen molar-refractivity contribution in [3.63, 3.8) is 0 Å². The summed E-state index contributed by atoms with van der Waals surface area (Å²) < 4.78 is 13.3. The van der Waals surface area contributed by atoms with Crippen LogP contribution in [-0.4, -0.2) is 31.1 Å². The third-order valence-corrected chi connectivity index (χ3v) is 4.66. The zero-order chi connectivity index (χ0) is 13.9. The first-order chi connectivity index (χ1) is 9.75. The van der Waals surface area contributed by atoms with Crippen LogP contribution in [0.3, 0.4) is 0 Å². The van der Waals surface area contributed by atoms with Gasteiger partial charge in [-0.2, -0.15) is 11.3 Å². The van der Waals surface area contributed by atoms with E-state index in [1.807, 2.05) is 6.07 Å². The number of thiophene rings is 1. The fraction of sp³-hybridized carbons (Fsp3) is 0.333. The lowest BCUT2D eigenvalue weighted by atomic mass is 9.98. The average molecular weight is 311 g/mol. The predicted molar refractivity (Wildman–Crippen MR) is 82.0 cm³/mol. The van der Waals surface area contributed by atoms with E-state index in [0.29, 0.717) is 5.02 Å². The van der Waals surface area contributed by atoms with Crippen LogP contribution < -0.4 is 5.32 Å². The number of hydrogen-bond donors (Lipinski definition) is 1. The molecule has 1 aromatic carbocycles. The highest BCUT2D eigenvalue weighted by Crippen LogP contribution is 2.34. The van der Waals surface area contributed by atoms with Crippen LogP contribution in [0.15, 0.2) is 35.0 Å². The minimum atomic E-state index is -0.289. The van der Waals surface area contributed by atoms with Crippen LogP contribution >= 0.6 is 22.9 Å². The molecule has 0 saturated carbocycles. The van der Waals surface area contributed by atoms with Crippen LogP contribution in [0.4, 0.5) is 4.39 Å². The van der Waals surface area contributed by atoms with Crippen molar-refractivity contribution < 1.29 is 4.39 Å². The number of hydrogen-bond acceptors (Lipinski definition) is 3. The molecule has 0 unspecified atom stereocenters. The van der Waals surface area contributed by atoms with Gasteiger partial charge in [0.1, 0.15) is 5.82 Å². The van der Waals surface area contributed by atoms with Gasteiger partial charge in [-0.1, -0.05) is 17.7 Å². The standard InChI is InChI=1S/C15H16ClFN2S/c16-14-9-12(17)1-2-13(14)15(11-3-8-20-10-11)19-6-4-18-5-7-19/h1-3,8-10,15,18H,4-7H2/t15-/m0/s1. The lowest BCUT2D eigenvalue weighted by Crippen LogP contribution is -2.45. The Kier molecular flexibility index (Phi) is 4.36. The largest absolute Gasteiger partial charge is 0.314 e. The van der Waals surface area contributed by atoms with Crippen molar-refractivity contribution >= 4 is 22.9 Å². The van der Waals surface area contributed by atoms with Gasteiger partial charge in [0.05, 0.1) is 6.04 Å². The quantitative estimate of drug-likeness (QED) is 0.933. The zero-order valence-electron chi connectivity index (χ0n) is 11.0. The Morgan fingerprint density at radius 3 is 2.70 bits per heavy atom. The molecule has 1 saturated heterocycles. The number of rotatable bonds is 3. The highest BCUT2D eigenvalue weighted by Gasteiger charge is 2.26. The Morgan fingerprint density at radius 2 is 2.05 bits per heavy atom. The summed E-state index contributed by atoms with van der Waals surface area (Å²) in [6.45, 7) is 3.88. The van der Waals surface area contributed by atoms with E-state index in [0.717, 1.165) is 31.7 Å². The van der Waals surface area contributed by atoms with Crippen molar-refractivity contribution in [3.05, 3.63) is 57.0 Å². The van der Waals surface area contributed by atoms with Gasteiger partial charge in [0, 0.05) is 31.2 Å². The zero-order valence-corrected chi connectivity index (χ0v) is 12.6. The SMILES string of the molecule is Fc1ccc([C@H](c2ccsc2)N2CCNCC2)c(Cl)c1. The number of nitrogens with one attached hydrogen (secondary N) is 1. The molecule has 0 bridgehead atoms. The van der Waals surface area contributed by atoms with Crippen LogP contribution in [0.25, 0.3) is 0 Å². The molecule has 1 fully saturated rings. The average Bonchev–Trinajstić information content (AvgIpc) is 2.97. The van der Waals surface area contributed by atoms with E-state index in [4.69, 9.17) is 11.6 Å². The van der Waals surface area contributed by atoms with Gasteiger partial charge in [0.25, 0.3) is 0 Å². The highest BCUT2D eigenvalue weighted by molar-refractivity contribution is 7.08. The van der Waals surface area contributed by atoms with Gasteiger partial charge in [-0.05, 0) is 40.1 Å². The summed E-state index contributed by atoms with van der Waals surface area (Å²) in [6, 6.07) is 6.93. The third kappa shape index (κ3) is 2.88. The van der Waals surface area contributed by atoms with Gasteiger partial charge in [0.15, 0.2) is 0 Å². The van der Waals surface area contributed by atoms with Crippen LogP contribution in [0.1, 0.15) is 17.2 Å². The molecule has 0 spiro atoms. The minimum Gasteiger partial charge on any atom is -0.314 e. The van der Waals surface area contributed by atoms with E-state index >= 15 is 0 Å². The first-order valence-electron chi connectivity index (χ1n) is 6.67. The van der Waals surface area contributed by atoms with Crippen molar-refractivity contribution in [1.82, 2.24) is 10.2 Å². The lowest BCUT2D eigenvalue weighted by Gasteiger charge is -2.35. The molecular weight excluding hydrogens is 295 g/mol. The summed E-state index contributed by atoms with van der Waals surface area (Å²) in [5.41, 5.74) is 2.21. The maximum atomic E-state index is 13.3. The van der Waals surface area contributed by atoms with Gasteiger partial charge >= 0.3 is 0 Å². The normalized spacial score (nSPS) is 18.1. The molecule has 0 amide bonds. The molecule has 2 heterocycles. The maximum absolute atomic E-state index is 13.3. The van der Waals surface area contributed by atoms with Gasteiger partial charge in [-0.25, -0.2) is 4.39 Å². The van der Waals surface area contributed by atoms with Crippen LogP contribution in [0.2, 0.25) is 5.02 Å². The molecule has 0 radical (unpaired) electrons. The topological polar surface area (TPSA) is 15.3 Å². The summed E-state index contributed by atoms with van der Waals surface area (Å²) in [4.78, 5) is 2.40. The number of benzene rings is 1. The maximum Gasteiger partial charge on any atom is 0.124 e. The summed E-state index contributed by atoms with van der Waals surface area (Å²) >= 11 is 7.96. The van der Waals surface area contributed by atoms with E-state index in [1.165, 1.54) is 17.7 Å². The van der Waals surface area contributed by atoms with Crippen molar-refractivity contribution in [1.29, 1.82) is 0 Å². The summed E-state index contributed by atoms with van der Waals surface area (Å²) in [5.74, 6) is -0.289. The molecule has 0 aliphatic carbocycles. The molecule has 106 valence electrons. The molecule has 1 aliphatic heterocycles. The van der Waals surface area contributed by atoms with Crippen LogP contribution in [-0.2, 0) is 0 Å². The minimum absolute atomic E-state index is 0.108. The second-order valence-electron chi connectivity index (χ2n) is 4.91. The Balaban J connectivity index is 2.00. The predicted octanol–water partition coefficient (Wildman–Crippen LogP) is 3.54. The summed E-state index contributed by atoms with van der Waals surface area (Å²) in [6.07, 6.45) is 0. The second-order valence-corrected chi connectivity index (χ2v) is 6.10. The third-order valence-electron chi connectivity index (χ3n) is 3.63. The molecule has 5 heteroatoms. The highest BCUT2D eigenvalue weighted by atomic mass is 35.5. The fourth-order valence-electron chi connectivity index (χ4n) is 2.68. The van der Waals surface area contributed by atoms with Crippen LogP contribution in [0, 0.1) is 5.82 Å². The monoisotopic (exact) mass is 310 g/mol. The lowest BCUT2D eigenvalue weighted by molar-refractivity contribution is 0.198. The van der Waals surface area contributed by atoms with E-state index in [1.54, 1.807) is 11.3 Å². The number of nitrogens with zero attached hydrogens (tertiary/aromatic N) is 1. The molecule has 20 heavy (non-hydrogen) atoms. The summed E-state index contributed by atoms with van der Waals surface area (Å²) in [5, 5.41) is 8.07. The first-order valence-corrected chi connectivity index (χ1v) is 7.99. The molecule has 2 aromatic rings. The van der Waals surface area contributed by atoms with Gasteiger partial charge in [0.2, 0.25) is 0 Å². The molecule has 1 atom stereocenters. The van der Waals surface area contributed by atoms with Crippen molar-refractivity contribution in [2.75, 3.05) is 26.2 Å². The Morgan fingerprint density at radius 1 is 1.25 bits per heavy atom. The van der Waals surface area contributed by atoms with E-state index in [2.05, 4.69) is 27.0 Å². The molecule has 1 aliphatic rings. The Hall–Kier alpha value is -0.940. The Bertz CT molecular complexity index is 567. The molecule has 3 rings (SSSR count). The second kappa shape index (κ2) is 6.22. The number of piperazine rings is 1. The van der Waals surface area contributed by atoms with Gasteiger partial charge in [-0.15, -0.1) is 0 Å². The molecular formula is C15H16ClFN2S. The molecule has 2 nitrogen and oxygen atoms in total. The fourth-order valence-corrected chi connectivity index (χ4v) is 3.63. The van der Waals surface area contributed by atoms with E-state index in [9.17, 15) is 4.39 Å². The van der Waals surface area contributed by atoms with Gasteiger partial charge in [-0.3, -0.25) is 4.90 Å². The number of halogens is 2.